The van der Waals surface area contributed by atoms with Gasteiger partial charge in [0.1, 0.15) is 17.9 Å². The Labute approximate surface area is 204 Å². The predicted octanol–water partition coefficient (Wildman–Crippen LogP) is 6.14. The minimum atomic E-state index is -0.881. The van der Waals surface area contributed by atoms with E-state index in [9.17, 15) is 5.11 Å². The molecule has 0 saturated heterocycles. The van der Waals surface area contributed by atoms with Crippen LogP contribution < -0.4 is 4.74 Å². The second-order valence-corrected chi connectivity index (χ2v) is 8.98. The summed E-state index contributed by atoms with van der Waals surface area (Å²) in [5, 5.41) is 21.6. The number of nitriles is 1. The lowest BCUT2D eigenvalue weighted by molar-refractivity contribution is -0.109. The van der Waals surface area contributed by atoms with E-state index in [4.69, 9.17) is 14.7 Å². The molecule has 5 heteroatoms. The van der Waals surface area contributed by atoms with Crippen LogP contribution in [0.15, 0.2) is 97.1 Å². The SMILES string of the molecule is N#CCOc1cccc2c(CCSCC(O)OC(c3ccccc3)c3ccccc3)cccc12. The molecule has 4 aromatic carbocycles. The molecule has 4 nitrogen and oxygen atoms in total. The van der Waals surface area contributed by atoms with E-state index >= 15 is 0 Å². The fourth-order valence-corrected chi connectivity index (χ4v) is 4.78. The standard InChI is InChI=1S/C29H27NO3S/c30-18-19-32-27-16-8-14-25-22(13-7-15-26(25)27)17-20-34-21-28(31)33-29(23-9-3-1-4-10-23)24-11-5-2-6-12-24/h1-16,28-29,31H,17,19-21H2. The van der Waals surface area contributed by atoms with E-state index in [1.807, 2.05) is 91.0 Å². The predicted molar refractivity (Wildman–Crippen MR) is 138 cm³/mol. The molecule has 0 radical (unpaired) electrons. The fraction of sp³-hybridized carbons (Fsp3) is 0.207. The topological polar surface area (TPSA) is 62.5 Å². The molecule has 1 atom stereocenters. The maximum atomic E-state index is 10.6. The number of nitrogens with zero attached hydrogens (tertiary/aromatic N) is 1. The van der Waals surface area contributed by atoms with Crippen molar-refractivity contribution in [1.29, 1.82) is 5.26 Å². The van der Waals surface area contributed by atoms with Crippen molar-refractivity contribution in [2.75, 3.05) is 18.1 Å². The van der Waals surface area contributed by atoms with Gasteiger partial charge in [-0.25, -0.2) is 0 Å². The summed E-state index contributed by atoms with van der Waals surface area (Å²) in [4.78, 5) is 0. The van der Waals surface area contributed by atoms with Crippen molar-refractivity contribution >= 4 is 22.5 Å². The number of fused-ring (bicyclic) bond motifs is 1. The highest BCUT2D eigenvalue weighted by Gasteiger charge is 2.18. The maximum absolute atomic E-state index is 10.6. The number of aryl methyl sites for hydroxylation is 1. The van der Waals surface area contributed by atoms with Crippen molar-refractivity contribution in [1.82, 2.24) is 0 Å². The van der Waals surface area contributed by atoms with Crippen molar-refractivity contribution in [3.8, 4) is 11.8 Å². The minimum absolute atomic E-state index is 0.0318. The smallest absolute Gasteiger partial charge is 0.174 e. The third-order valence-corrected chi connectivity index (χ3v) is 6.55. The van der Waals surface area contributed by atoms with Gasteiger partial charge in [-0.3, -0.25) is 0 Å². The van der Waals surface area contributed by atoms with E-state index in [1.165, 1.54) is 5.56 Å². The van der Waals surface area contributed by atoms with E-state index in [2.05, 4.69) is 12.1 Å². The third kappa shape index (κ3) is 6.18. The fourth-order valence-electron chi connectivity index (χ4n) is 3.97. The minimum Gasteiger partial charge on any atom is -0.478 e. The van der Waals surface area contributed by atoms with Crippen molar-refractivity contribution in [3.05, 3.63) is 114 Å². The summed E-state index contributed by atoms with van der Waals surface area (Å²) in [5.41, 5.74) is 3.25. The molecule has 0 fully saturated rings. The summed E-state index contributed by atoms with van der Waals surface area (Å²) in [6.07, 6.45) is -0.339. The van der Waals surface area contributed by atoms with Crippen LogP contribution in [0.1, 0.15) is 22.8 Å². The molecule has 0 aliphatic rings. The van der Waals surface area contributed by atoms with Gasteiger partial charge < -0.3 is 14.6 Å². The maximum Gasteiger partial charge on any atom is 0.174 e. The summed E-state index contributed by atoms with van der Waals surface area (Å²) in [6.45, 7) is 0.0318. The van der Waals surface area contributed by atoms with Crippen LogP contribution in [0.25, 0.3) is 10.8 Å². The van der Waals surface area contributed by atoms with Gasteiger partial charge in [-0.2, -0.15) is 17.0 Å². The molecule has 34 heavy (non-hydrogen) atoms. The second kappa shape index (κ2) is 12.2. The molecule has 172 valence electrons. The molecule has 1 unspecified atom stereocenters. The van der Waals surface area contributed by atoms with Crippen LogP contribution in [0.3, 0.4) is 0 Å². The Balaban J connectivity index is 1.35. The first-order chi connectivity index (χ1) is 16.8. The molecule has 4 aromatic rings. The molecule has 0 bridgehead atoms. The number of hydrogen-bond acceptors (Lipinski definition) is 5. The zero-order valence-electron chi connectivity index (χ0n) is 18.8. The van der Waals surface area contributed by atoms with Gasteiger partial charge in [-0.15, -0.1) is 0 Å². The highest BCUT2D eigenvalue weighted by atomic mass is 32.2. The van der Waals surface area contributed by atoms with E-state index in [-0.39, 0.29) is 12.7 Å². The van der Waals surface area contributed by atoms with Crippen molar-refractivity contribution < 1.29 is 14.6 Å². The molecule has 0 amide bonds. The van der Waals surface area contributed by atoms with Crippen LogP contribution in [-0.4, -0.2) is 29.5 Å². The first-order valence-electron chi connectivity index (χ1n) is 11.3. The number of benzene rings is 4. The van der Waals surface area contributed by atoms with E-state index < -0.39 is 6.29 Å². The number of ether oxygens (including phenoxy) is 2. The van der Waals surface area contributed by atoms with Gasteiger partial charge in [0.2, 0.25) is 0 Å². The first-order valence-corrected chi connectivity index (χ1v) is 12.4. The second-order valence-electron chi connectivity index (χ2n) is 7.83. The van der Waals surface area contributed by atoms with Gasteiger partial charge >= 0.3 is 0 Å². The van der Waals surface area contributed by atoms with Gasteiger partial charge in [0, 0.05) is 11.1 Å². The van der Waals surface area contributed by atoms with Crippen LogP contribution in [0.5, 0.6) is 5.75 Å². The normalized spacial score (nSPS) is 11.9. The summed E-state index contributed by atoms with van der Waals surface area (Å²) in [7, 11) is 0. The Morgan fingerprint density at radius 3 is 2.12 bits per heavy atom. The molecule has 0 aliphatic heterocycles. The van der Waals surface area contributed by atoms with Crippen LogP contribution >= 0.6 is 11.8 Å². The quantitative estimate of drug-likeness (QED) is 0.211. The number of rotatable bonds is 11. The van der Waals surface area contributed by atoms with Crippen LogP contribution in [0, 0.1) is 11.3 Å². The lowest BCUT2D eigenvalue weighted by atomic mass is 10.0. The van der Waals surface area contributed by atoms with E-state index in [0.717, 1.165) is 39.8 Å². The highest BCUT2D eigenvalue weighted by molar-refractivity contribution is 7.99. The summed E-state index contributed by atoms with van der Waals surface area (Å²) < 4.78 is 11.7. The van der Waals surface area contributed by atoms with Gasteiger partial charge in [-0.05, 0) is 40.3 Å². The zero-order chi connectivity index (χ0) is 23.6. The number of thioether (sulfide) groups is 1. The summed E-state index contributed by atoms with van der Waals surface area (Å²) in [5.74, 6) is 2.06. The molecular weight excluding hydrogens is 442 g/mol. The number of aliphatic hydroxyl groups excluding tert-OH is 1. The first kappa shape index (κ1) is 23.8. The Morgan fingerprint density at radius 2 is 1.44 bits per heavy atom. The summed E-state index contributed by atoms with van der Waals surface area (Å²) in [6, 6.07) is 34.1. The Hall–Kier alpha value is -3.30. The van der Waals surface area contributed by atoms with Gasteiger partial charge in [0.15, 0.2) is 12.9 Å². The Bertz CT molecular complexity index is 1190. The average Bonchev–Trinajstić information content (AvgIpc) is 2.89. The van der Waals surface area contributed by atoms with Crippen LogP contribution in [0.2, 0.25) is 0 Å². The van der Waals surface area contributed by atoms with E-state index in [0.29, 0.717) is 5.75 Å². The third-order valence-electron chi connectivity index (χ3n) is 5.54. The average molecular weight is 470 g/mol. The van der Waals surface area contributed by atoms with Crippen molar-refractivity contribution in [2.45, 2.75) is 18.8 Å². The van der Waals surface area contributed by atoms with Gasteiger partial charge in [0.05, 0.1) is 0 Å². The Kier molecular flexibility index (Phi) is 8.59. The molecule has 0 saturated carbocycles. The zero-order valence-corrected chi connectivity index (χ0v) is 19.7. The monoisotopic (exact) mass is 469 g/mol. The summed E-state index contributed by atoms with van der Waals surface area (Å²) >= 11 is 1.67. The molecule has 4 rings (SSSR count). The van der Waals surface area contributed by atoms with Crippen LogP contribution in [0.4, 0.5) is 0 Å². The molecule has 1 N–H and O–H groups in total. The number of hydrogen-bond donors (Lipinski definition) is 1. The lowest BCUT2D eigenvalue weighted by Crippen LogP contribution is -2.20. The largest absolute Gasteiger partial charge is 0.478 e. The molecule has 0 aromatic heterocycles. The molecule has 0 aliphatic carbocycles. The van der Waals surface area contributed by atoms with Crippen molar-refractivity contribution in [2.24, 2.45) is 0 Å². The van der Waals surface area contributed by atoms with Crippen LogP contribution in [-0.2, 0) is 11.2 Å². The number of aliphatic hydroxyl groups is 1. The molecule has 0 spiro atoms. The van der Waals surface area contributed by atoms with Gasteiger partial charge in [-0.1, -0.05) is 91.0 Å². The van der Waals surface area contributed by atoms with Crippen molar-refractivity contribution in [3.63, 3.8) is 0 Å². The van der Waals surface area contributed by atoms with Gasteiger partial charge in [0.25, 0.3) is 0 Å². The highest BCUT2D eigenvalue weighted by Crippen LogP contribution is 2.30. The van der Waals surface area contributed by atoms with E-state index in [1.54, 1.807) is 11.8 Å². The Morgan fingerprint density at radius 1 is 0.794 bits per heavy atom. The molecular formula is C29H27NO3S. The molecule has 0 heterocycles. The lowest BCUT2D eigenvalue weighted by Gasteiger charge is -2.22.